The van der Waals surface area contributed by atoms with E-state index in [1.807, 2.05) is 0 Å². The zero-order valence-corrected chi connectivity index (χ0v) is 15.7. The lowest BCUT2D eigenvalue weighted by Gasteiger charge is -2.18. The van der Waals surface area contributed by atoms with Gasteiger partial charge in [-0.05, 0) is 55.7 Å². The minimum absolute atomic E-state index is 0.0232. The number of nitrogens with one attached hydrogen (secondary N) is 1. The molecule has 0 spiro atoms. The Morgan fingerprint density at radius 1 is 1.15 bits per heavy atom. The molecule has 1 N–H and O–H groups in total. The minimum Gasteiger partial charge on any atom is -0.312 e. The van der Waals surface area contributed by atoms with E-state index in [4.69, 9.17) is 0 Å². The van der Waals surface area contributed by atoms with Crippen LogP contribution in [0.2, 0.25) is 0 Å². The van der Waals surface area contributed by atoms with Crippen LogP contribution in [0.15, 0.2) is 41.3 Å². The van der Waals surface area contributed by atoms with Crippen molar-refractivity contribution in [1.82, 2.24) is 4.72 Å². The number of hydrogen-bond acceptors (Lipinski definition) is 3. The van der Waals surface area contributed by atoms with Gasteiger partial charge < -0.3 is 4.90 Å². The third kappa shape index (κ3) is 4.17. The summed E-state index contributed by atoms with van der Waals surface area (Å²) in [7, 11) is -3.84. The number of amides is 1. The Kier molecular flexibility index (Phi) is 5.57. The van der Waals surface area contributed by atoms with Crippen molar-refractivity contribution in [2.75, 3.05) is 18.0 Å². The monoisotopic (exact) mass is 394 g/mol. The van der Waals surface area contributed by atoms with Crippen molar-refractivity contribution in [2.45, 2.75) is 31.1 Å². The normalized spacial score (nSPS) is 14.8. The Balaban J connectivity index is 1.72. The van der Waals surface area contributed by atoms with E-state index >= 15 is 0 Å². The molecule has 1 aliphatic rings. The summed E-state index contributed by atoms with van der Waals surface area (Å²) in [5, 5.41) is 0. The highest BCUT2D eigenvalue weighted by atomic mass is 32.2. The minimum atomic E-state index is -3.84. The molecule has 0 saturated carbocycles. The van der Waals surface area contributed by atoms with E-state index in [2.05, 4.69) is 4.72 Å². The molecule has 0 aromatic heterocycles. The lowest BCUT2D eigenvalue weighted by Crippen LogP contribution is -2.27. The van der Waals surface area contributed by atoms with E-state index in [9.17, 15) is 22.0 Å². The molecule has 0 atom stereocenters. The lowest BCUT2D eigenvalue weighted by molar-refractivity contribution is -0.117. The summed E-state index contributed by atoms with van der Waals surface area (Å²) < 4.78 is 54.7. The van der Waals surface area contributed by atoms with Crippen molar-refractivity contribution < 1.29 is 22.0 Å². The topological polar surface area (TPSA) is 66.5 Å². The second-order valence-electron chi connectivity index (χ2n) is 6.45. The first-order valence-corrected chi connectivity index (χ1v) is 10.1. The number of sulfonamides is 1. The van der Waals surface area contributed by atoms with E-state index < -0.39 is 21.7 Å². The molecule has 0 bridgehead atoms. The number of hydrogen-bond donors (Lipinski definition) is 1. The molecule has 0 aliphatic carbocycles. The Morgan fingerprint density at radius 3 is 2.44 bits per heavy atom. The van der Waals surface area contributed by atoms with Crippen LogP contribution in [0.5, 0.6) is 0 Å². The van der Waals surface area contributed by atoms with Crippen LogP contribution in [-0.2, 0) is 21.2 Å². The van der Waals surface area contributed by atoms with Gasteiger partial charge in [0.2, 0.25) is 15.9 Å². The van der Waals surface area contributed by atoms with Gasteiger partial charge in [-0.25, -0.2) is 21.9 Å². The maximum absolute atomic E-state index is 13.6. The van der Waals surface area contributed by atoms with Crippen molar-refractivity contribution in [3.63, 3.8) is 0 Å². The maximum Gasteiger partial charge on any atom is 0.240 e. The van der Waals surface area contributed by atoms with E-state index in [0.29, 0.717) is 24.2 Å². The average molecular weight is 394 g/mol. The van der Waals surface area contributed by atoms with Gasteiger partial charge in [-0.15, -0.1) is 0 Å². The zero-order valence-electron chi connectivity index (χ0n) is 14.8. The first kappa shape index (κ1) is 19.4. The van der Waals surface area contributed by atoms with Crippen molar-refractivity contribution in [1.29, 1.82) is 0 Å². The van der Waals surface area contributed by atoms with E-state index in [0.717, 1.165) is 18.6 Å². The van der Waals surface area contributed by atoms with E-state index in [-0.39, 0.29) is 29.3 Å². The molecule has 0 unspecified atom stereocenters. The predicted molar refractivity (Wildman–Crippen MR) is 98.0 cm³/mol. The smallest absolute Gasteiger partial charge is 0.240 e. The number of carbonyl (C=O) groups is 1. The summed E-state index contributed by atoms with van der Waals surface area (Å²) in [5.74, 6) is -1.38. The molecule has 1 saturated heterocycles. The van der Waals surface area contributed by atoms with Crippen LogP contribution in [0.1, 0.15) is 24.0 Å². The van der Waals surface area contributed by atoms with Crippen LogP contribution in [-0.4, -0.2) is 27.4 Å². The lowest BCUT2D eigenvalue weighted by atomic mass is 10.1. The van der Waals surface area contributed by atoms with Crippen molar-refractivity contribution in [2.24, 2.45) is 0 Å². The van der Waals surface area contributed by atoms with Gasteiger partial charge in [0.1, 0.15) is 11.6 Å². The number of aryl methyl sites for hydroxylation is 1. The summed E-state index contributed by atoms with van der Waals surface area (Å²) in [5.41, 5.74) is 1.01. The number of anilines is 1. The molecule has 8 heteroatoms. The predicted octanol–water partition coefficient (Wildman–Crippen LogP) is 2.92. The summed E-state index contributed by atoms with van der Waals surface area (Å²) >= 11 is 0. The highest BCUT2D eigenvalue weighted by Gasteiger charge is 2.24. The molecule has 0 radical (unpaired) electrons. The summed E-state index contributed by atoms with van der Waals surface area (Å²) in [4.78, 5) is 13.5. The summed E-state index contributed by atoms with van der Waals surface area (Å²) in [6.45, 7) is 2.14. The van der Waals surface area contributed by atoms with E-state index in [1.54, 1.807) is 24.0 Å². The Bertz CT molecular complexity index is 957. The third-order valence-corrected chi connectivity index (χ3v) is 6.18. The van der Waals surface area contributed by atoms with E-state index in [1.165, 1.54) is 12.1 Å². The highest BCUT2D eigenvalue weighted by molar-refractivity contribution is 7.89. The van der Waals surface area contributed by atoms with Crippen LogP contribution in [0.4, 0.5) is 14.5 Å². The molecule has 5 nitrogen and oxygen atoms in total. The molecular formula is C19H20F2N2O3S. The number of benzene rings is 2. The van der Waals surface area contributed by atoms with Gasteiger partial charge in [0, 0.05) is 30.8 Å². The number of rotatable bonds is 6. The second-order valence-corrected chi connectivity index (χ2v) is 8.18. The molecule has 1 heterocycles. The van der Waals surface area contributed by atoms with Gasteiger partial charge >= 0.3 is 0 Å². The molecule has 2 aromatic rings. The standard InChI is InChI=1S/C19H20F2N2O3S/c1-13-12-14(23-11-3-6-19(23)24)7-8-18(13)27(25,26)22-10-9-15-16(20)4-2-5-17(15)21/h2,4-5,7-8,12,22H,3,6,9-11H2,1H3. The maximum atomic E-state index is 13.6. The van der Waals surface area contributed by atoms with Gasteiger partial charge in [0.05, 0.1) is 4.90 Å². The van der Waals surface area contributed by atoms with Gasteiger partial charge in [-0.2, -0.15) is 0 Å². The summed E-state index contributed by atoms with van der Waals surface area (Å²) in [6, 6.07) is 8.23. The zero-order chi connectivity index (χ0) is 19.6. The average Bonchev–Trinajstić information content (AvgIpc) is 3.03. The molecule has 27 heavy (non-hydrogen) atoms. The highest BCUT2D eigenvalue weighted by Crippen LogP contribution is 2.26. The van der Waals surface area contributed by atoms with Crippen LogP contribution in [0, 0.1) is 18.6 Å². The molecule has 2 aromatic carbocycles. The number of carbonyl (C=O) groups excluding carboxylic acids is 1. The van der Waals surface area contributed by atoms with Gasteiger partial charge in [-0.3, -0.25) is 4.79 Å². The van der Waals surface area contributed by atoms with Crippen molar-refractivity contribution in [3.8, 4) is 0 Å². The first-order valence-electron chi connectivity index (χ1n) is 8.63. The first-order chi connectivity index (χ1) is 12.8. The van der Waals surface area contributed by atoms with Gasteiger partial charge in [-0.1, -0.05) is 6.07 Å². The van der Waals surface area contributed by atoms with Gasteiger partial charge in [0.25, 0.3) is 0 Å². The third-order valence-electron chi connectivity index (χ3n) is 4.56. The Labute approximate surface area is 157 Å². The molecule has 1 aliphatic heterocycles. The fourth-order valence-electron chi connectivity index (χ4n) is 3.18. The number of halogens is 2. The largest absolute Gasteiger partial charge is 0.312 e. The molecule has 1 amide bonds. The van der Waals surface area contributed by atoms with Crippen LogP contribution in [0.3, 0.4) is 0 Å². The number of nitrogens with zero attached hydrogens (tertiary/aromatic N) is 1. The molecular weight excluding hydrogens is 374 g/mol. The van der Waals surface area contributed by atoms with Crippen LogP contribution >= 0.6 is 0 Å². The Morgan fingerprint density at radius 2 is 1.85 bits per heavy atom. The van der Waals surface area contributed by atoms with Crippen LogP contribution < -0.4 is 9.62 Å². The quantitative estimate of drug-likeness (QED) is 0.819. The molecule has 3 rings (SSSR count). The second kappa shape index (κ2) is 7.74. The van der Waals surface area contributed by atoms with Crippen molar-refractivity contribution >= 4 is 21.6 Å². The fraction of sp³-hybridized carbons (Fsp3) is 0.316. The molecule has 1 fully saturated rings. The SMILES string of the molecule is Cc1cc(N2CCCC2=O)ccc1S(=O)(=O)NCCc1c(F)cccc1F. The Hall–Kier alpha value is -2.32. The summed E-state index contributed by atoms with van der Waals surface area (Å²) in [6.07, 6.45) is 1.18. The van der Waals surface area contributed by atoms with Crippen molar-refractivity contribution in [3.05, 3.63) is 59.2 Å². The molecule has 144 valence electrons. The van der Waals surface area contributed by atoms with Gasteiger partial charge in [0.15, 0.2) is 0 Å². The van der Waals surface area contributed by atoms with Crippen LogP contribution in [0.25, 0.3) is 0 Å². The fourth-order valence-corrected chi connectivity index (χ4v) is 4.44.